The van der Waals surface area contributed by atoms with Crippen LogP contribution in [0.25, 0.3) is 0 Å². The Bertz CT molecular complexity index is 348. The Morgan fingerprint density at radius 2 is 2.57 bits per heavy atom. The Morgan fingerprint density at radius 3 is 3.07 bits per heavy atom. The summed E-state index contributed by atoms with van der Waals surface area (Å²) in [4.78, 5) is 13.5. The number of hydrogen-bond acceptors (Lipinski definition) is 3. The molecule has 1 aliphatic rings. The lowest BCUT2D eigenvalue weighted by Crippen LogP contribution is -2.29. The number of nitrogens with zero attached hydrogens (tertiary/aromatic N) is 2. The molecule has 0 unspecified atom stereocenters. The number of β-amino-alcohol motifs (C(OH)–C–C–N with tert-alkyl or cyclic N) is 1. The molecule has 0 saturated carbocycles. The Morgan fingerprint density at radius 1 is 1.79 bits per heavy atom. The maximum atomic E-state index is 11.8. The number of H-pyrrole nitrogens is 1. The molecule has 1 aromatic heterocycles. The highest BCUT2D eigenvalue weighted by atomic mass is 16.3. The van der Waals surface area contributed by atoms with Gasteiger partial charge in [-0.15, -0.1) is 0 Å². The monoisotopic (exact) mass is 195 g/mol. The molecule has 0 radical (unpaired) electrons. The number of nitrogens with one attached hydrogen (secondary N) is 1. The van der Waals surface area contributed by atoms with Crippen molar-refractivity contribution >= 4 is 5.91 Å². The van der Waals surface area contributed by atoms with E-state index in [2.05, 4.69) is 10.2 Å². The van der Waals surface area contributed by atoms with Crippen molar-refractivity contribution < 1.29 is 9.90 Å². The quantitative estimate of drug-likeness (QED) is 0.658. The van der Waals surface area contributed by atoms with Gasteiger partial charge in [-0.3, -0.25) is 9.89 Å². The van der Waals surface area contributed by atoms with E-state index in [1.165, 1.54) is 6.20 Å². The van der Waals surface area contributed by atoms with Crippen LogP contribution in [0.5, 0.6) is 0 Å². The van der Waals surface area contributed by atoms with Gasteiger partial charge in [0.1, 0.15) is 0 Å². The van der Waals surface area contributed by atoms with Crippen molar-refractivity contribution in [3.05, 3.63) is 17.5 Å². The lowest BCUT2D eigenvalue weighted by molar-refractivity contribution is 0.0764. The molecule has 5 nitrogen and oxygen atoms in total. The average molecular weight is 195 g/mol. The molecule has 14 heavy (non-hydrogen) atoms. The van der Waals surface area contributed by atoms with Gasteiger partial charge < -0.3 is 10.0 Å². The number of amides is 1. The minimum Gasteiger partial charge on any atom is -0.391 e. The molecule has 0 aromatic carbocycles. The smallest absolute Gasteiger partial charge is 0.257 e. The van der Waals surface area contributed by atoms with Crippen molar-refractivity contribution in [1.29, 1.82) is 0 Å². The largest absolute Gasteiger partial charge is 0.391 e. The van der Waals surface area contributed by atoms with Crippen molar-refractivity contribution in [2.45, 2.75) is 19.4 Å². The van der Waals surface area contributed by atoms with E-state index in [1.54, 1.807) is 4.90 Å². The zero-order valence-corrected chi connectivity index (χ0v) is 8.03. The summed E-state index contributed by atoms with van der Waals surface area (Å²) >= 11 is 0. The molecular formula is C9H13N3O2. The molecule has 76 valence electrons. The van der Waals surface area contributed by atoms with Crippen LogP contribution in [0.4, 0.5) is 0 Å². The average Bonchev–Trinajstić information content (AvgIpc) is 2.73. The topological polar surface area (TPSA) is 69.2 Å². The number of rotatable bonds is 1. The summed E-state index contributed by atoms with van der Waals surface area (Å²) in [5.74, 6) is -0.0483. The van der Waals surface area contributed by atoms with E-state index >= 15 is 0 Å². The summed E-state index contributed by atoms with van der Waals surface area (Å²) < 4.78 is 0. The third-order valence-corrected chi connectivity index (χ3v) is 2.51. The molecule has 2 rings (SSSR count). The van der Waals surface area contributed by atoms with Gasteiger partial charge in [0.25, 0.3) is 5.91 Å². The van der Waals surface area contributed by atoms with Gasteiger partial charge in [-0.05, 0) is 13.3 Å². The predicted octanol–water partition coefficient (Wildman–Crippen LogP) is -0.0751. The normalized spacial score (nSPS) is 21.6. The van der Waals surface area contributed by atoms with E-state index in [-0.39, 0.29) is 12.0 Å². The second-order valence-electron chi connectivity index (χ2n) is 3.60. The minimum atomic E-state index is -0.369. The van der Waals surface area contributed by atoms with Crippen LogP contribution in [0.3, 0.4) is 0 Å². The second kappa shape index (κ2) is 3.42. The fourth-order valence-corrected chi connectivity index (χ4v) is 1.66. The van der Waals surface area contributed by atoms with Gasteiger partial charge in [-0.2, -0.15) is 5.10 Å². The first-order valence-electron chi connectivity index (χ1n) is 4.66. The number of aliphatic hydroxyl groups is 1. The van der Waals surface area contributed by atoms with Crippen molar-refractivity contribution in [3.63, 3.8) is 0 Å². The molecule has 2 heterocycles. The van der Waals surface area contributed by atoms with E-state index < -0.39 is 0 Å². The first kappa shape index (κ1) is 9.21. The number of aryl methyl sites for hydroxylation is 1. The van der Waals surface area contributed by atoms with Crippen LogP contribution in [-0.4, -0.2) is 45.3 Å². The van der Waals surface area contributed by atoms with Crippen LogP contribution in [0.1, 0.15) is 22.5 Å². The highest BCUT2D eigenvalue weighted by Crippen LogP contribution is 2.14. The van der Waals surface area contributed by atoms with Gasteiger partial charge in [0.2, 0.25) is 0 Å². The predicted molar refractivity (Wildman–Crippen MR) is 49.9 cm³/mol. The van der Waals surface area contributed by atoms with E-state index in [1.807, 2.05) is 6.92 Å². The molecule has 0 spiro atoms. The van der Waals surface area contributed by atoms with Crippen molar-refractivity contribution in [1.82, 2.24) is 15.1 Å². The molecular weight excluding hydrogens is 182 g/mol. The van der Waals surface area contributed by atoms with Crippen LogP contribution in [0, 0.1) is 6.92 Å². The Hall–Kier alpha value is -1.36. The molecule has 2 N–H and O–H groups in total. The molecule has 1 fully saturated rings. The fraction of sp³-hybridized carbons (Fsp3) is 0.556. The number of aromatic nitrogens is 2. The van der Waals surface area contributed by atoms with Gasteiger partial charge in [0.05, 0.1) is 17.9 Å². The van der Waals surface area contributed by atoms with Crippen LogP contribution in [-0.2, 0) is 0 Å². The molecule has 1 saturated heterocycles. The summed E-state index contributed by atoms with van der Waals surface area (Å²) in [5.41, 5.74) is 1.37. The molecule has 1 amide bonds. The first-order chi connectivity index (χ1) is 6.68. The van der Waals surface area contributed by atoms with Crippen molar-refractivity contribution in [3.8, 4) is 0 Å². The first-order valence-corrected chi connectivity index (χ1v) is 4.66. The summed E-state index contributed by atoms with van der Waals surface area (Å²) in [6, 6.07) is 0. The summed E-state index contributed by atoms with van der Waals surface area (Å²) in [6.45, 7) is 2.88. The number of carbonyl (C=O) groups excluding carboxylic acids is 1. The Balaban J connectivity index is 2.13. The molecule has 1 atom stereocenters. The molecule has 1 aromatic rings. The zero-order valence-electron chi connectivity index (χ0n) is 8.03. The Labute approximate surface area is 81.7 Å². The minimum absolute atomic E-state index is 0.0483. The number of hydrogen-bond donors (Lipinski definition) is 2. The maximum absolute atomic E-state index is 11.8. The van der Waals surface area contributed by atoms with E-state index in [0.29, 0.717) is 25.1 Å². The lowest BCUT2D eigenvalue weighted by atomic mass is 10.2. The van der Waals surface area contributed by atoms with Gasteiger partial charge in [0.15, 0.2) is 0 Å². The van der Waals surface area contributed by atoms with E-state index in [0.717, 1.165) is 5.69 Å². The van der Waals surface area contributed by atoms with Gasteiger partial charge in [-0.1, -0.05) is 0 Å². The van der Waals surface area contributed by atoms with Crippen LogP contribution >= 0.6 is 0 Å². The molecule has 5 heteroatoms. The molecule has 0 bridgehead atoms. The second-order valence-corrected chi connectivity index (χ2v) is 3.60. The third kappa shape index (κ3) is 1.50. The number of aromatic amines is 1. The number of likely N-dealkylation sites (tertiary alicyclic amines) is 1. The summed E-state index contributed by atoms with van der Waals surface area (Å²) in [5, 5.41) is 15.8. The van der Waals surface area contributed by atoms with Crippen molar-refractivity contribution in [2.24, 2.45) is 0 Å². The van der Waals surface area contributed by atoms with Gasteiger partial charge >= 0.3 is 0 Å². The molecule has 0 aliphatic carbocycles. The van der Waals surface area contributed by atoms with E-state index in [9.17, 15) is 9.90 Å². The van der Waals surface area contributed by atoms with Crippen LogP contribution in [0.2, 0.25) is 0 Å². The number of aliphatic hydroxyl groups excluding tert-OH is 1. The fourth-order valence-electron chi connectivity index (χ4n) is 1.66. The zero-order chi connectivity index (χ0) is 10.1. The van der Waals surface area contributed by atoms with Crippen LogP contribution < -0.4 is 0 Å². The lowest BCUT2D eigenvalue weighted by Gasteiger charge is -2.14. The number of carbonyl (C=O) groups is 1. The summed E-state index contributed by atoms with van der Waals surface area (Å²) in [7, 11) is 0. The Kier molecular flexibility index (Phi) is 2.25. The van der Waals surface area contributed by atoms with Crippen LogP contribution in [0.15, 0.2) is 6.20 Å². The molecule has 1 aliphatic heterocycles. The highest BCUT2D eigenvalue weighted by molar-refractivity contribution is 5.95. The van der Waals surface area contributed by atoms with Gasteiger partial charge in [0, 0.05) is 18.8 Å². The highest BCUT2D eigenvalue weighted by Gasteiger charge is 2.26. The maximum Gasteiger partial charge on any atom is 0.257 e. The SMILES string of the molecule is Cc1[nH]ncc1C(=O)N1CC[C@@H](O)C1. The van der Waals surface area contributed by atoms with Crippen molar-refractivity contribution in [2.75, 3.05) is 13.1 Å². The standard InChI is InChI=1S/C9H13N3O2/c1-6-8(4-10-11-6)9(14)12-3-2-7(13)5-12/h4,7,13H,2-3,5H2,1H3,(H,10,11)/t7-/m1/s1. The van der Waals surface area contributed by atoms with Gasteiger partial charge in [-0.25, -0.2) is 0 Å². The van der Waals surface area contributed by atoms with E-state index in [4.69, 9.17) is 0 Å². The summed E-state index contributed by atoms with van der Waals surface area (Å²) in [6.07, 6.45) is 1.83. The third-order valence-electron chi connectivity index (χ3n) is 2.51.